The second-order valence-electron chi connectivity index (χ2n) is 5.02. The first kappa shape index (κ1) is 12.8. The van der Waals surface area contributed by atoms with E-state index in [0.29, 0.717) is 0 Å². The third kappa shape index (κ3) is 3.22. The second-order valence-corrected chi connectivity index (χ2v) is 6.13. The molecule has 1 fully saturated rings. The molecule has 19 heavy (non-hydrogen) atoms. The van der Waals surface area contributed by atoms with E-state index in [1.54, 1.807) is 17.7 Å². The maximum absolute atomic E-state index is 4.36. The minimum atomic E-state index is 0.801. The Labute approximate surface area is 117 Å². The van der Waals surface area contributed by atoms with Gasteiger partial charge in [-0.3, -0.25) is 0 Å². The summed E-state index contributed by atoms with van der Waals surface area (Å²) in [6.45, 7) is 4.23. The minimum absolute atomic E-state index is 0.801. The van der Waals surface area contributed by atoms with Crippen LogP contribution in [0.15, 0.2) is 12.4 Å². The Balaban J connectivity index is 1.58. The summed E-state index contributed by atoms with van der Waals surface area (Å²) in [6.07, 6.45) is 6.56. The molecule has 2 aromatic heterocycles. The average Bonchev–Trinajstić information content (AvgIpc) is 3.15. The predicted molar refractivity (Wildman–Crippen MR) is 80.9 cm³/mol. The SMILES string of the molecule is CCc1cc2c(NCCCNC3CC3)ncnc2s1. The van der Waals surface area contributed by atoms with Gasteiger partial charge in [-0.1, -0.05) is 6.92 Å². The number of hydrogen-bond acceptors (Lipinski definition) is 5. The zero-order chi connectivity index (χ0) is 13.1. The van der Waals surface area contributed by atoms with Crippen molar-refractivity contribution in [2.75, 3.05) is 18.4 Å². The summed E-state index contributed by atoms with van der Waals surface area (Å²) >= 11 is 1.76. The highest BCUT2D eigenvalue weighted by molar-refractivity contribution is 7.18. The molecule has 0 aromatic carbocycles. The summed E-state index contributed by atoms with van der Waals surface area (Å²) in [4.78, 5) is 11.2. The van der Waals surface area contributed by atoms with Gasteiger partial charge in [-0.15, -0.1) is 11.3 Å². The van der Waals surface area contributed by atoms with E-state index >= 15 is 0 Å². The van der Waals surface area contributed by atoms with Crippen LogP contribution in [0.3, 0.4) is 0 Å². The lowest BCUT2D eigenvalue weighted by molar-refractivity contribution is 0.658. The molecule has 102 valence electrons. The quantitative estimate of drug-likeness (QED) is 0.764. The Kier molecular flexibility index (Phi) is 3.94. The van der Waals surface area contributed by atoms with Crippen molar-refractivity contribution in [1.82, 2.24) is 15.3 Å². The van der Waals surface area contributed by atoms with Crippen LogP contribution in [0, 0.1) is 0 Å². The molecule has 0 bridgehead atoms. The van der Waals surface area contributed by atoms with Crippen LogP contribution < -0.4 is 10.6 Å². The number of nitrogens with one attached hydrogen (secondary N) is 2. The third-order valence-electron chi connectivity index (χ3n) is 3.39. The molecule has 2 N–H and O–H groups in total. The zero-order valence-corrected chi connectivity index (χ0v) is 12.1. The van der Waals surface area contributed by atoms with Gasteiger partial charge in [-0.25, -0.2) is 9.97 Å². The van der Waals surface area contributed by atoms with Crippen molar-refractivity contribution in [2.24, 2.45) is 0 Å². The van der Waals surface area contributed by atoms with Crippen molar-refractivity contribution in [3.63, 3.8) is 0 Å². The molecule has 1 aliphatic carbocycles. The molecule has 0 atom stereocenters. The fraction of sp³-hybridized carbons (Fsp3) is 0.571. The van der Waals surface area contributed by atoms with Crippen LogP contribution >= 0.6 is 11.3 Å². The van der Waals surface area contributed by atoms with Gasteiger partial charge < -0.3 is 10.6 Å². The minimum Gasteiger partial charge on any atom is -0.369 e. The second kappa shape index (κ2) is 5.84. The fourth-order valence-electron chi connectivity index (χ4n) is 2.11. The van der Waals surface area contributed by atoms with Crippen LogP contribution in [0.1, 0.15) is 31.1 Å². The summed E-state index contributed by atoms with van der Waals surface area (Å²) in [6, 6.07) is 3.01. The van der Waals surface area contributed by atoms with Crippen LogP contribution in [0.5, 0.6) is 0 Å². The largest absolute Gasteiger partial charge is 0.369 e. The van der Waals surface area contributed by atoms with E-state index < -0.39 is 0 Å². The molecule has 1 aliphatic rings. The molecule has 3 rings (SSSR count). The Morgan fingerprint density at radius 2 is 2.21 bits per heavy atom. The number of rotatable bonds is 7. The van der Waals surface area contributed by atoms with E-state index in [9.17, 15) is 0 Å². The number of thiophene rings is 1. The van der Waals surface area contributed by atoms with E-state index in [1.807, 2.05) is 0 Å². The lowest BCUT2D eigenvalue weighted by atomic mass is 10.3. The van der Waals surface area contributed by atoms with Crippen molar-refractivity contribution < 1.29 is 0 Å². The van der Waals surface area contributed by atoms with Gasteiger partial charge in [0.05, 0.1) is 5.39 Å². The van der Waals surface area contributed by atoms with E-state index in [-0.39, 0.29) is 0 Å². The molecule has 1 saturated carbocycles. The zero-order valence-electron chi connectivity index (χ0n) is 11.3. The van der Waals surface area contributed by atoms with Gasteiger partial charge in [-0.05, 0) is 38.3 Å². The van der Waals surface area contributed by atoms with Crippen molar-refractivity contribution in [2.45, 2.75) is 38.6 Å². The monoisotopic (exact) mass is 276 g/mol. The van der Waals surface area contributed by atoms with Crippen molar-refractivity contribution in [3.8, 4) is 0 Å². The summed E-state index contributed by atoms with van der Waals surface area (Å²) in [5, 5.41) is 8.12. The van der Waals surface area contributed by atoms with Gasteiger partial charge in [0.25, 0.3) is 0 Å². The van der Waals surface area contributed by atoms with Gasteiger partial charge >= 0.3 is 0 Å². The van der Waals surface area contributed by atoms with Gasteiger partial charge in [0, 0.05) is 17.5 Å². The summed E-state index contributed by atoms with van der Waals surface area (Å²) < 4.78 is 0. The lowest BCUT2D eigenvalue weighted by Gasteiger charge is -2.06. The Hall–Kier alpha value is -1.20. The third-order valence-corrected chi connectivity index (χ3v) is 4.57. The predicted octanol–water partition coefficient (Wildman–Crippen LogP) is 2.81. The van der Waals surface area contributed by atoms with E-state index in [4.69, 9.17) is 0 Å². The highest BCUT2D eigenvalue weighted by Crippen LogP contribution is 2.28. The molecule has 5 heteroatoms. The van der Waals surface area contributed by atoms with E-state index in [2.05, 4.69) is 33.6 Å². The van der Waals surface area contributed by atoms with Gasteiger partial charge in [-0.2, -0.15) is 0 Å². The van der Waals surface area contributed by atoms with Crippen molar-refractivity contribution in [3.05, 3.63) is 17.3 Å². The van der Waals surface area contributed by atoms with E-state index in [1.165, 1.54) is 23.1 Å². The molecule has 0 spiro atoms. The Morgan fingerprint density at radius 3 is 3.00 bits per heavy atom. The van der Waals surface area contributed by atoms with Crippen LogP contribution in [0.25, 0.3) is 10.2 Å². The first-order valence-electron chi connectivity index (χ1n) is 7.07. The van der Waals surface area contributed by atoms with Crippen LogP contribution in [-0.4, -0.2) is 29.1 Å². The van der Waals surface area contributed by atoms with E-state index in [0.717, 1.165) is 42.6 Å². The van der Waals surface area contributed by atoms with Gasteiger partial charge in [0.1, 0.15) is 17.0 Å². The molecule has 4 nitrogen and oxygen atoms in total. The first-order chi connectivity index (χ1) is 9.36. The van der Waals surface area contributed by atoms with Gasteiger partial charge in [0.2, 0.25) is 0 Å². The smallest absolute Gasteiger partial charge is 0.138 e. The van der Waals surface area contributed by atoms with Crippen LogP contribution in [0.4, 0.5) is 5.82 Å². The number of fused-ring (bicyclic) bond motifs is 1. The highest BCUT2D eigenvalue weighted by atomic mass is 32.1. The summed E-state index contributed by atoms with van der Waals surface area (Å²) in [7, 11) is 0. The molecular formula is C14H20N4S. The maximum atomic E-state index is 4.36. The molecule has 0 amide bonds. The molecule has 0 unspecified atom stereocenters. The number of aromatic nitrogens is 2. The molecular weight excluding hydrogens is 256 g/mol. The summed E-state index contributed by atoms with van der Waals surface area (Å²) in [5.41, 5.74) is 0. The molecule has 2 heterocycles. The standard InChI is InChI=1S/C14H20N4S/c1-2-11-8-12-13(17-9-18-14(12)19-11)16-7-3-6-15-10-4-5-10/h8-10,15H,2-7H2,1H3,(H,16,17,18). The molecule has 0 radical (unpaired) electrons. The average molecular weight is 276 g/mol. The maximum Gasteiger partial charge on any atom is 0.138 e. The van der Waals surface area contributed by atoms with Crippen LogP contribution in [-0.2, 0) is 6.42 Å². The Bertz CT molecular complexity index is 547. The molecule has 0 aliphatic heterocycles. The topological polar surface area (TPSA) is 49.8 Å². The molecule has 0 saturated heterocycles. The number of hydrogen-bond donors (Lipinski definition) is 2. The number of anilines is 1. The van der Waals surface area contributed by atoms with Crippen molar-refractivity contribution in [1.29, 1.82) is 0 Å². The fourth-order valence-corrected chi connectivity index (χ4v) is 3.04. The highest BCUT2D eigenvalue weighted by Gasteiger charge is 2.19. The number of nitrogens with zero attached hydrogens (tertiary/aromatic N) is 2. The first-order valence-corrected chi connectivity index (χ1v) is 7.89. The normalized spacial score (nSPS) is 15.0. The van der Waals surface area contributed by atoms with Gasteiger partial charge in [0.15, 0.2) is 0 Å². The summed E-state index contributed by atoms with van der Waals surface area (Å²) in [5.74, 6) is 0.979. The molecule has 2 aromatic rings. The number of aryl methyl sites for hydroxylation is 1. The van der Waals surface area contributed by atoms with Crippen LogP contribution in [0.2, 0.25) is 0 Å². The Morgan fingerprint density at radius 1 is 1.32 bits per heavy atom. The lowest BCUT2D eigenvalue weighted by Crippen LogP contribution is -2.20. The van der Waals surface area contributed by atoms with Crippen molar-refractivity contribution >= 4 is 27.4 Å².